The molecule has 2 aromatic rings. The van der Waals surface area contributed by atoms with Crippen molar-refractivity contribution in [2.24, 2.45) is 4.99 Å². The average Bonchev–Trinajstić information content (AvgIpc) is 3.04. The first-order valence-corrected chi connectivity index (χ1v) is 8.44. The zero-order valence-corrected chi connectivity index (χ0v) is 13.4. The zero-order valence-electron chi connectivity index (χ0n) is 12.6. The van der Waals surface area contributed by atoms with Crippen LogP contribution in [0.4, 0.5) is 23.7 Å². The summed E-state index contributed by atoms with van der Waals surface area (Å²) in [5.74, 6) is 0. The van der Waals surface area contributed by atoms with E-state index >= 15 is 0 Å². The first-order valence-electron chi connectivity index (χ1n) is 7.01. The molecule has 3 rings (SSSR count). The Labute approximate surface area is 143 Å². The summed E-state index contributed by atoms with van der Waals surface area (Å²) < 4.78 is 39.6. The van der Waals surface area contributed by atoms with Crippen LogP contribution in [0.3, 0.4) is 0 Å². The molecule has 1 unspecified atom stereocenters. The highest BCUT2D eigenvalue weighted by Gasteiger charge is 2.32. The average molecular weight is 367 g/mol. The minimum atomic E-state index is -4.55. The quantitative estimate of drug-likeness (QED) is 0.783. The number of carbonyl (C=O) groups is 1. The molecule has 0 spiro atoms. The van der Waals surface area contributed by atoms with Crippen molar-refractivity contribution in [1.82, 2.24) is 4.98 Å². The molecule has 9 heteroatoms. The van der Waals surface area contributed by atoms with Crippen LogP contribution in [0.2, 0.25) is 0 Å². The number of amides is 1. The number of benzene rings is 1. The molecule has 0 bridgehead atoms. The van der Waals surface area contributed by atoms with Gasteiger partial charge in [-0.1, -0.05) is 6.07 Å². The molecule has 1 atom stereocenters. The van der Waals surface area contributed by atoms with E-state index in [2.05, 4.69) is 9.98 Å². The van der Waals surface area contributed by atoms with Gasteiger partial charge < -0.3 is 5.11 Å². The molecule has 1 aliphatic rings. The predicted octanol–water partition coefficient (Wildman–Crippen LogP) is 4.54. The second-order valence-corrected chi connectivity index (χ2v) is 6.67. The molecule has 0 saturated carbocycles. The number of hydrogen-bond donors (Lipinski definition) is 2. The standard InChI is InChI=1S/C16H12F3N3O2S/c17-16(18,19)12-2-1-3-13(8-12)22(15(23)24)25-9-14(21-10-25)11-4-6-20-7-5-11/h1-10,25H,(H,23,24). The van der Waals surface area contributed by atoms with Crippen molar-refractivity contribution in [3.8, 4) is 0 Å². The Hall–Kier alpha value is -2.81. The molecule has 0 aliphatic carbocycles. The van der Waals surface area contributed by atoms with Gasteiger partial charge in [0.15, 0.2) is 0 Å². The van der Waals surface area contributed by atoms with Gasteiger partial charge in [0, 0.05) is 23.4 Å². The second kappa shape index (κ2) is 6.60. The number of anilines is 1. The van der Waals surface area contributed by atoms with Crippen molar-refractivity contribution in [1.29, 1.82) is 0 Å². The van der Waals surface area contributed by atoms with Crippen molar-refractivity contribution < 1.29 is 23.1 Å². The predicted molar refractivity (Wildman–Crippen MR) is 91.6 cm³/mol. The van der Waals surface area contributed by atoms with Crippen LogP contribution in [-0.2, 0) is 6.18 Å². The number of aromatic nitrogens is 1. The molecule has 1 amide bonds. The third-order valence-corrected chi connectivity index (χ3v) is 5.10. The molecular formula is C16H12F3N3O2S. The minimum absolute atomic E-state index is 0.0490. The normalized spacial score (nSPS) is 18.0. The lowest BCUT2D eigenvalue weighted by Crippen LogP contribution is -2.25. The Balaban J connectivity index is 1.95. The molecule has 0 radical (unpaired) electrons. The Morgan fingerprint density at radius 2 is 1.88 bits per heavy atom. The van der Waals surface area contributed by atoms with Gasteiger partial charge in [0.05, 0.1) is 22.5 Å². The number of pyridine rings is 1. The van der Waals surface area contributed by atoms with E-state index in [1.807, 2.05) is 0 Å². The van der Waals surface area contributed by atoms with E-state index in [4.69, 9.17) is 0 Å². The van der Waals surface area contributed by atoms with E-state index < -0.39 is 28.9 Å². The van der Waals surface area contributed by atoms with Gasteiger partial charge in [-0.05, 0) is 30.3 Å². The Bertz CT molecular complexity index is 853. The van der Waals surface area contributed by atoms with E-state index in [0.29, 0.717) is 5.70 Å². The fourth-order valence-corrected chi connectivity index (χ4v) is 3.83. The lowest BCUT2D eigenvalue weighted by molar-refractivity contribution is -0.137. The van der Waals surface area contributed by atoms with Crippen molar-refractivity contribution in [2.45, 2.75) is 6.18 Å². The summed E-state index contributed by atoms with van der Waals surface area (Å²) in [4.78, 5) is 19.7. The zero-order chi connectivity index (χ0) is 18.0. The Morgan fingerprint density at radius 1 is 1.16 bits per heavy atom. The molecule has 1 aliphatic heterocycles. The monoisotopic (exact) mass is 367 g/mol. The van der Waals surface area contributed by atoms with E-state index in [1.165, 1.54) is 17.7 Å². The van der Waals surface area contributed by atoms with Crippen LogP contribution in [0.15, 0.2) is 59.2 Å². The third kappa shape index (κ3) is 3.66. The molecule has 1 aromatic heterocycles. The lowest BCUT2D eigenvalue weighted by atomic mass is 10.2. The molecule has 1 N–H and O–H groups in total. The Morgan fingerprint density at radius 3 is 2.52 bits per heavy atom. The van der Waals surface area contributed by atoms with Gasteiger partial charge in [0.2, 0.25) is 0 Å². The van der Waals surface area contributed by atoms with Gasteiger partial charge in [0.25, 0.3) is 0 Å². The number of thiol groups is 1. The van der Waals surface area contributed by atoms with Crippen molar-refractivity contribution in [3.63, 3.8) is 0 Å². The van der Waals surface area contributed by atoms with Crippen LogP contribution >= 0.6 is 11.1 Å². The van der Waals surface area contributed by atoms with Crippen LogP contribution in [0.5, 0.6) is 0 Å². The minimum Gasteiger partial charge on any atom is -0.464 e. The van der Waals surface area contributed by atoms with Crippen LogP contribution < -0.4 is 4.31 Å². The molecular weight excluding hydrogens is 355 g/mol. The van der Waals surface area contributed by atoms with Gasteiger partial charge >= 0.3 is 12.3 Å². The number of alkyl halides is 3. The summed E-state index contributed by atoms with van der Waals surface area (Å²) in [6.07, 6.45) is -2.73. The Kier molecular flexibility index (Phi) is 4.49. The number of halogens is 3. The lowest BCUT2D eigenvalue weighted by Gasteiger charge is -2.26. The van der Waals surface area contributed by atoms with Crippen molar-refractivity contribution >= 4 is 34.1 Å². The summed E-state index contributed by atoms with van der Waals surface area (Å²) >= 11 is -1.54. The smallest absolute Gasteiger partial charge is 0.421 e. The maximum absolute atomic E-state index is 12.9. The topological polar surface area (TPSA) is 65.8 Å². The molecule has 130 valence electrons. The molecule has 5 nitrogen and oxygen atoms in total. The highest BCUT2D eigenvalue weighted by molar-refractivity contribution is 8.32. The van der Waals surface area contributed by atoms with E-state index in [0.717, 1.165) is 22.0 Å². The summed E-state index contributed by atoms with van der Waals surface area (Å²) in [5, 5.41) is 11.1. The highest BCUT2D eigenvalue weighted by Crippen LogP contribution is 2.43. The van der Waals surface area contributed by atoms with Crippen LogP contribution in [-0.4, -0.2) is 21.7 Å². The van der Waals surface area contributed by atoms with E-state index in [9.17, 15) is 23.1 Å². The number of nitrogens with zero attached hydrogens (tertiary/aromatic N) is 3. The highest BCUT2D eigenvalue weighted by atomic mass is 32.2. The summed E-state index contributed by atoms with van der Waals surface area (Å²) in [6, 6.07) is 7.68. The third-order valence-electron chi connectivity index (χ3n) is 3.38. The van der Waals surface area contributed by atoms with Gasteiger partial charge in [0.1, 0.15) is 0 Å². The van der Waals surface area contributed by atoms with Crippen LogP contribution in [0, 0.1) is 0 Å². The summed E-state index contributed by atoms with van der Waals surface area (Å²) in [5.41, 5.74) is 1.81. The molecule has 0 fully saturated rings. The molecule has 1 aromatic carbocycles. The first kappa shape index (κ1) is 17.0. The maximum atomic E-state index is 12.9. The molecule has 25 heavy (non-hydrogen) atoms. The van der Waals surface area contributed by atoms with E-state index in [1.54, 1.807) is 29.9 Å². The van der Waals surface area contributed by atoms with Crippen molar-refractivity contribution in [3.05, 3.63) is 65.3 Å². The van der Waals surface area contributed by atoms with Gasteiger partial charge in [-0.15, -0.1) is 11.1 Å². The van der Waals surface area contributed by atoms with Crippen LogP contribution in [0.25, 0.3) is 5.70 Å². The molecule has 0 saturated heterocycles. The fraction of sp³-hybridized carbons (Fsp3) is 0.0625. The maximum Gasteiger partial charge on any atom is 0.421 e. The largest absolute Gasteiger partial charge is 0.464 e. The SMILES string of the molecule is O=C(O)N(c1cccc(C(F)(F)F)c1)[SH]1C=NC(c2ccncc2)=C1. The summed E-state index contributed by atoms with van der Waals surface area (Å²) in [7, 11) is 0. The summed E-state index contributed by atoms with van der Waals surface area (Å²) in [6.45, 7) is 0. The number of hydrogen-bond acceptors (Lipinski definition) is 3. The van der Waals surface area contributed by atoms with Gasteiger partial charge in [-0.25, -0.2) is 14.1 Å². The molecule has 2 heterocycles. The van der Waals surface area contributed by atoms with Gasteiger partial charge in [-0.3, -0.25) is 4.98 Å². The van der Waals surface area contributed by atoms with Gasteiger partial charge in [-0.2, -0.15) is 13.2 Å². The van der Waals surface area contributed by atoms with Crippen LogP contribution in [0.1, 0.15) is 11.1 Å². The number of carboxylic acid groups (broad SMARTS) is 1. The first-order chi connectivity index (χ1) is 11.9. The second-order valence-electron chi connectivity index (χ2n) is 5.02. The van der Waals surface area contributed by atoms with E-state index in [-0.39, 0.29) is 5.69 Å². The fourth-order valence-electron chi connectivity index (χ4n) is 2.25. The van der Waals surface area contributed by atoms with Crippen molar-refractivity contribution in [2.75, 3.05) is 4.31 Å². The number of aliphatic imine (C=N–C) groups is 1. The number of rotatable bonds is 3.